The van der Waals surface area contributed by atoms with Crippen LogP contribution < -0.4 is 0 Å². The highest BCUT2D eigenvalue weighted by Crippen LogP contribution is 2.23. The molecule has 0 aliphatic rings. The first-order valence-electron chi connectivity index (χ1n) is 5.65. The van der Waals surface area contributed by atoms with E-state index in [1.54, 1.807) is 11.8 Å². The number of hydrogen-bond acceptors (Lipinski definition) is 3. The second-order valence-electron chi connectivity index (χ2n) is 3.80. The Bertz CT molecular complexity index is 482. The monoisotopic (exact) mass is 248 g/mol. The summed E-state index contributed by atoms with van der Waals surface area (Å²) in [6, 6.07) is 7.99. The summed E-state index contributed by atoms with van der Waals surface area (Å²) in [6.07, 6.45) is 3.98. The van der Waals surface area contributed by atoms with Gasteiger partial charge in [-0.2, -0.15) is 5.10 Å². The van der Waals surface area contributed by atoms with E-state index in [0.29, 0.717) is 0 Å². The molecule has 4 heteroatoms. The van der Waals surface area contributed by atoms with Crippen LogP contribution in [0.15, 0.2) is 41.6 Å². The van der Waals surface area contributed by atoms with Gasteiger partial charge in [-0.15, -0.1) is 11.8 Å². The van der Waals surface area contributed by atoms with Gasteiger partial charge in [0.25, 0.3) is 0 Å². The highest BCUT2D eigenvalue weighted by molar-refractivity contribution is 7.98. The standard InChI is InChI=1S/C13H16N2OS/c1-2-15-8-12(7-14-15)10-17-13-5-3-4-11(6-13)9-16/h3-8,16H,2,9-10H2,1H3. The number of aliphatic hydroxyl groups excluding tert-OH is 1. The van der Waals surface area contributed by atoms with Crippen molar-refractivity contribution >= 4 is 11.8 Å². The van der Waals surface area contributed by atoms with Gasteiger partial charge in [0, 0.05) is 29.0 Å². The second kappa shape index (κ2) is 5.89. The number of thioether (sulfide) groups is 1. The SMILES string of the molecule is CCn1cc(CSc2cccc(CO)c2)cn1. The van der Waals surface area contributed by atoms with E-state index in [1.807, 2.05) is 29.1 Å². The van der Waals surface area contributed by atoms with Crippen LogP contribution in [0.5, 0.6) is 0 Å². The van der Waals surface area contributed by atoms with Gasteiger partial charge in [0.15, 0.2) is 0 Å². The maximum atomic E-state index is 9.06. The summed E-state index contributed by atoms with van der Waals surface area (Å²) < 4.78 is 1.93. The Morgan fingerprint density at radius 3 is 2.94 bits per heavy atom. The molecular weight excluding hydrogens is 232 g/mol. The molecule has 90 valence electrons. The molecule has 1 aromatic heterocycles. The molecule has 0 unspecified atom stereocenters. The molecule has 3 nitrogen and oxygen atoms in total. The first kappa shape index (κ1) is 12.2. The lowest BCUT2D eigenvalue weighted by atomic mass is 10.2. The van der Waals surface area contributed by atoms with Gasteiger partial charge in [0.1, 0.15) is 0 Å². The third kappa shape index (κ3) is 3.35. The topological polar surface area (TPSA) is 38.0 Å². The molecule has 1 heterocycles. The van der Waals surface area contributed by atoms with Crippen molar-refractivity contribution in [2.45, 2.75) is 30.7 Å². The summed E-state index contributed by atoms with van der Waals surface area (Å²) in [5.74, 6) is 0.912. The molecule has 0 spiro atoms. The van der Waals surface area contributed by atoms with E-state index in [1.165, 1.54) is 10.5 Å². The van der Waals surface area contributed by atoms with E-state index < -0.39 is 0 Å². The molecule has 2 rings (SSSR count). The molecule has 1 N–H and O–H groups in total. The van der Waals surface area contributed by atoms with Gasteiger partial charge in [-0.1, -0.05) is 12.1 Å². The average Bonchev–Trinajstić information content (AvgIpc) is 2.84. The third-order valence-electron chi connectivity index (χ3n) is 2.50. The van der Waals surface area contributed by atoms with Gasteiger partial charge in [-0.25, -0.2) is 0 Å². The molecule has 2 aromatic rings. The Kier molecular flexibility index (Phi) is 4.23. The van der Waals surface area contributed by atoms with Crippen LogP contribution in [-0.2, 0) is 18.9 Å². The van der Waals surface area contributed by atoms with Crippen molar-refractivity contribution in [1.82, 2.24) is 9.78 Å². The minimum atomic E-state index is 0.0994. The van der Waals surface area contributed by atoms with Crippen molar-refractivity contribution in [3.63, 3.8) is 0 Å². The Hall–Kier alpha value is -1.26. The Morgan fingerprint density at radius 2 is 2.24 bits per heavy atom. The Balaban J connectivity index is 1.96. The molecule has 0 aliphatic carbocycles. The van der Waals surface area contributed by atoms with Crippen LogP contribution in [0.25, 0.3) is 0 Å². The van der Waals surface area contributed by atoms with E-state index in [4.69, 9.17) is 5.11 Å². The first-order valence-corrected chi connectivity index (χ1v) is 6.64. The van der Waals surface area contributed by atoms with Crippen LogP contribution in [0.3, 0.4) is 0 Å². The molecule has 0 radical (unpaired) electrons. The van der Waals surface area contributed by atoms with E-state index in [0.717, 1.165) is 17.9 Å². The summed E-state index contributed by atoms with van der Waals surface area (Å²) in [5.41, 5.74) is 2.19. The maximum Gasteiger partial charge on any atom is 0.0682 e. The largest absolute Gasteiger partial charge is 0.392 e. The highest BCUT2D eigenvalue weighted by Gasteiger charge is 2.00. The molecule has 17 heavy (non-hydrogen) atoms. The lowest BCUT2D eigenvalue weighted by Crippen LogP contribution is -1.92. The minimum absolute atomic E-state index is 0.0994. The second-order valence-corrected chi connectivity index (χ2v) is 4.85. The van der Waals surface area contributed by atoms with Crippen LogP contribution in [0.4, 0.5) is 0 Å². The molecule has 0 fully saturated rings. The summed E-state index contributed by atoms with van der Waals surface area (Å²) in [4.78, 5) is 1.18. The lowest BCUT2D eigenvalue weighted by Gasteiger charge is -2.02. The zero-order valence-corrected chi connectivity index (χ0v) is 10.7. The van der Waals surface area contributed by atoms with Crippen LogP contribution in [-0.4, -0.2) is 14.9 Å². The number of hydrogen-bond donors (Lipinski definition) is 1. The zero-order chi connectivity index (χ0) is 12.1. The summed E-state index contributed by atoms with van der Waals surface area (Å²) in [5, 5.41) is 13.3. The average molecular weight is 248 g/mol. The number of aromatic nitrogens is 2. The van der Waals surface area contributed by atoms with Gasteiger partial charge >= 0.3 is 0 Å². The number of benzene rings is 1. The summed E-state index contributed by atoms with van der Waals surface area (Å²) >= 11 is 1.76. The molecule has 1 aromatic carbocycles. The summed E-state index contributed by atoms with van der Waals surface area (Å²) in [6.45, 7) is 3.08. The quantitative estimate of drug-likeness (QED) is 0.827. The minimum Gasteiger partial charge on any atom is -0.392 e. The Labute approximate surface area is 105 Å². The van der Waals surface area contributed by atoms with Crippen LogP contribution in [0, 0.1) is 0 Å². The molecule has 0 atom stereocenters. The molecule has 0 saturated heterocycles. The van der Waals surface area contributed by atoms with Crippen molar-refractivity contribution in [3.8, 4) is 0 Å². The van der Waals surface area contributed by atoms with Crippen molar-refractivity contribution in [3.05, 3.63) is 47.8 Å². The van der Waals surface area contributed by atoms with Crippen LogP contribution in [0.2, 0.25) is 0 Å². The number of aryl methyl sites for hydroxylation is 1. The van der Waals surface area contributed by atoms with Gasteiger partial charge in [0.05, 0.1) is 12.8 Å². The highest BCUT2D eigenvalue weighted by atomic mass is 32.2. The first-order chi connectivity index (χ1) is 8.31. The predicted molar refractivity (Wildman–Crippen MR) is 69.8 cm³/mol. The molecule has 0 amide bonds. The van der Waals surface area contributed by atoms with Crippen LogP contribution >= 0.6 is 11.8 Å². The van der Waals surface area contributed by atoms with Crippen molar-refractivity contribution in [2.24, 2.45) is 0 Å². The zero-order valence-electron chi connectivity index (χ0n) is 9.84. The van der Waals surface area contributed by atoms with Gasteiger partial charge in [-0.05, 0) is 24.6 Å². The van der Waals surface area contributed by atoms with Gasteiger partial charge in [-0.3, -0.25) is 4.68 Å². The normalized spacial score (nSPS) is 10.7. The van der Waals surface area contributed by atoms with E-state index in [2.05, 4.69) is 24.3 Å². The molecule has 0 saturated carbocycles. The Morgan fingerprint density at radius 1 is 1.35 bits per heavy atom. The van der Waals surface area contributed by atoms with Gasteiger partial charge in [0.2, 0.25) is 0 Å². The fraction of sp³-hybridized carbons (Fsp3) is 0.308. The fourth-order valence-corrected chi connectivity index (χ4v) is 2.45. The van der Waals surface area contributed by atoms with E-state index >= 15 is 0 Å². The van der Waals surface area contributed by atoms with Crippen LogP contribution in [0.1, 0.15) is 18.1 Å². The van der Waals surface area contributed by atoms with Gasteiger partial charge < -0.3 is 5.11 Å². The smallest absolute Gasteiger partial charge is 0.0682 e. The number of rotatable bonds is 5. The lowest BCUT2D eigenvalue weighted by molar-refractivity contribution is 0.281. The van der Waals surface area contributed by atoms with E-state index in [9.17, 15) is 0 Å². The number of nitrogens with zero attached hydrogens (tertiary/aromatic N) is 2. The number of aliphatic hydroxyl groups is 1. The summed E-state index contributed by atoms with van der Waals surface area (Å²) in [7, 11) is 0. The predicted octanol–water partition coefficient (Wildman–Crippen LogP) is 2.69. The van der Waals surface area contributed by atoms with Crippen molar-refractivity contribution in [2.75, 3.05) is 0 Å². The molecule has 0 bridgehead atoms. The fourth-order valence-electron chi connectivity index (χ4n) is 1.55. The third-order valence-corrected chi connectivity index (χ3v) is 3.56. The van der Waals surface area contributed by atoms with Crippen molar-refractivity contribution in [1.29, 1.82) is 0 Å². The van der Waals surface area contributed by atoms with E-state index in [-0.39, 0.29) is 6.61 Å². The molecule has 0 aliphatic heterocycles. The maximum absolute atomic E-state index is 9.06. The van der Waals surface area contributed by atoms with Crippen molar-refractivity contribution < 1.29 is 5.11 Å². The molecular formula is C13H16N2OS.